The number of nitrogens with zero attached hydrogens (tertiary/aromatic N) is 1. The number of unbranched alkanes of at least 4 members (excludes halogenated alkanes) is 2. The molecule has 1 aromatic carbocycles. The summed E-state index contributed by atoms with van der Waals surface area (Å²) in [6.45, 7) is 3.60. The molecule has 0 bridgehead atoms. The quantitative estimate of drug-likeness (QED) is 0.408. The van der Waals surface area contributed by atoms with Crippen LogP contribution in [0.3, 0.4) is 0 Å². The monoisotopic (exact) mass is 460 g/mol. The molecule has 2 amide bonds. The third-order valence-electron chi connectivity index (χ3n) is 4.55. The van der Waals surface area contributed by atoms with Gasteiger partial charge in [0.1, 0.15) is 6.04 Å². The van der Waals surface area contributed by atoms with Crippen LogP contribution in [-0.2, 0) is 14.3 Å². The summed E-state index contributed by atoms with van der Waals surface area (Å²) in [6, 6.07) is 3.46. The number of hydrogen-bond acceptors (Lipinski definition) is 4. The maximum Gasteiger partial charge on any atom is 0.303 e. The van der Waals surface area contributed by atoms with Crippen molar-refractivity contribution in [2.45, 2.75) is 51.5 Å². The molecule has 0 aromatic heterocycles. The maximum absolute atomic E-state index is 13.2. The zero-order chi connectivity index (χ0) is 22.5. The van der Waals surface area contributed by atoms with Crippen LogP contribution in [0.1, 0.15) is 55.8 Å². The first kappa shape index (κ1) is 26.2. The fraction of sp³-hybridized carbons (Fsp3) is 0.571. The number of benzene rings is 1. The van der Waals surface area contributed by atoms with E-state index in [2.05, 4.69) is 12.2 Å². The van der Waals surface area contributed by atoms with Crippen LogP contribution in [0.5, 0.6) is 0 Å². The number of nitrogens with one attached hydrogen (secondary N) is 1. The van der Waals surface area contributed by atoms with Crippen molar-refractivity contribution in [1.29, 1.82) is 0 Å². The van der Waals surface area contributed by atoms with Gasteiger partial charge in [-0.1, -0.05) is 43.0 Å². The van der Waals surface area contributed by atoms with Gasteiger partial charge < -0.3 is 20.1 Å². The lowest BCUT2D eigenvalue weighted by Gasteiger charge is -2.28. The molecule has 0 saturated heterocycles. The fourth-order valence-corrected chi connectivity index (χ4v) is 3.21. The van der Waals surface area contributed by atoms with Crippen molar-refractivity contribution >= 4 is 41.0 Å². The van der Waals surface area contributed by atoms with Crippen molar-refractivity contribution in [3.63, 3.8) is 0 Å². The number of carboxylic acids is 1. The van der Waals surface area contributed by atoms with Gasteiger partial charge in [0.15, 0.2) is 0 Å². The Morgan fingerprint density at radius 3 is 2.43 bits per heavy atom. The average Bonchev–Trinajstić information content (AvgIpc) is 2.71. The van der Waals surface area contributed by atoms with Gasteiger partial charge in [0.25, 0.3) is 5.91 Å². The van der Waals surface area contributed by atoms with E-state index in [9.17, 15) is 14.4 Å². The highest BCUT2D eigenvalue weighted by Gasteiger charge is 2.27. The molecule has 1 aromatic rings. The van der Waals surface area contributed by atoms with Crippen molar-refractivity contribution < 1.29 is 24.2 Å². The van der Waals surface area contributed by atoms with Crippen LogP contribution in [-0.4, -0.2) is 60.6 Å². The molecule has 0 heterocycles. The molecule has 30 heavy (non-hydrogen) atoms. The summed E-state index contributed by atoms with van der Waals surface area (Å²) in [4.78, 5) is 38.6. The van der Waals surface area contributed by atoms with E-state index in [-0.39, 0.29) is 29.3 Å². The maximum atomic E-state index is 13.2. The van der Waals surface area contributed by atoms with Gasteiger partial charge in [0, 0.05) is 38.8 Å². The second kappa shape index (κ2) is 14.2. The van der Waals surface area contributed by atoms with Gasteiger partial charge in [0.2, 0.25) is 5.91 Å². The van der Waals surface area contributed by atoms with Gasteiger partial charge in [-0.25, -0.2) is 0 Å². The molecule has 9 heteroatoms. The van der Waals surface area contributed by atoms with Gasteiger partial charge >= 0.3 is 5.97 Å². The lowest BCUT2D eigenvalue weighted by Crippen LogP contribution is -2.49. The molecule has 1 atom stereocenters. The van der Waals surface area contributed by atoms with Crippen LogP contribution in [0.4, 0.5) is 0 Å². The SMILES string of the molecule is CCCCCN(CCCOC)C(=O)[C@H](CCC(=O)O)NC(=O)c1ccc(Cl)c(Cl)c1. The second-order valence-electron chi connectivity index (χ2n) is 6.97. The largest absolute Gasteiger partial charge is 0.481 e. The summed E-state index contributed by atoms with van der Waals surface area (Å²) in [5, 5.41) is 12.3. The van der Waals surface area contributed by atoms with Crippen molar-refractivity contribution in [3.8, 4) is 0 Å². The Morgan fingerprint density at radius 2 is 1.83 bits per heavy atom. The summed E-state index contributed by atoms with van der Waals surface area (Å²) in [6.07, 6.45) is 3.23. The minimum absolute atomic E-state index is 0.00418. The van der Waals surface area contributed by atoms with Crippen molar-refractivity contribution in [1.82, 2.24) is 10.2 Å². The first-order chi connectivity index (χ1) is 14.3. The highest BCUT2D eigenvalue weighted by Crippen LogP contribution is 2.22. The van der Waals surface area contributed by atoms with Gasteiger partial charge in [-0.2, -0.15) is 0 Å². The number of ether oxygens (including phenoxy) is 1. The predicted molar refractivity (Wildman–Crippen MR) is 117 cm³/mol. The van der Waals surface area contributed by atoms with E-state index in [4.69, 9.17) is 33.0 Å². The van der Waals surface area contributed by atoms with E-state index in [1.54, 1.807) is 12.0 Å². The van der Waals surface area contributed by atoms with E-state index in [0.29, 0.717) is 31.1 Å². The Labute approximate surface area is 187 Å². The van der Waals surface area contributed by atoms with Gasteiger partial charge in [-0.05, 0) is 37.5 Å². The van der Waals surface area contributed by atoms with Gasteiger partial charge in [-0.15, -0.1) is 0 Å². The molecule has 2 N–H and O–H groups in total. The molecule has 0 radical (unpaired) electrons. The molecule has 0 aliphatic heterocycles. The molecular weight excluding hydrogens is 431 g/mol. The fourth-order valence-electron chi connectivity index (χ4n) is 2.91. The zero-order valence-electron chi connectivity index (χ0n) is 17.5. The normalized spacial score (nSPS) is 11.7. The molecular formula is C21H30Cl2N2O5. The van der Waals surface area contributed by atoms with Crippen LogP contribution in [0.15, 0.2) is 18.2 Å². The number of carboxylic acid groups (broad SMARTS) is 1. The van der Waals surface area contributed by atoms with E-state index < -0.39 is 17.9 Å². The Kier molecular flexibility index (Phi) is 12.4. The number of amides is 2. The second-order valence-corrected chi connectivity index (χ2v) is 7.78. The number of carbonyl (C=O) groups excluding carboxylic acids is 2. The molecule has 1 rings (SSSR count). The highest BCUT2D eigenvalue weighted by atomic mass is 35.5. The van der Waals surface area contributed by atoms with Gasteiger partial charge in [-0.3, -0.25) is 14.4 Å². The number of methoxy groups -OCH3 is 1. The van der Waals surface area contributed by atoms with Crippen LogP contribution >= 0.6 is 23.2 Å². The van der Waals surface area contributed by atoms with Gasteiger partial charge in [0.05, 0.1) is 10.0 Å². The summed E-state index contributed by atoms with van der Waals surface area (Å²) in [5.41, 5.74) is 0.245. The molecule has 0 spiro atoms. The lowest BCUT2D eigenvalue weighted by molar-refractivity contribution is -0.138. The third-order valence-corrected chi connectivity index (χ3v) is 5.29. The summed E-state index contributed by atoms with van der Waals surface area (Å²) in [5.74, 6) is -1.84. The number of hydrogen-bond donors (Lipinski definition) is 2. The molecule has 168 valence electrons. The average molecular weight is 461 g/mol. The predicted octanol–water partition coefficient (Wildman–Crippen LogP) is 4.01. The van der Waals surface area contributed by atoms with E-state index in [1.165, 1.54) is 18.2 Å². The smallest absolute Gasteiger partial charge is 0.303 e. The summed E-state index contributed by atoms with van der Waals surface area (Å²) >= 11 is 11.9. The standard InChI is InChI=1S/C21H30Cl2N2O5/c1-3-4-5-11-25(12-6-13-30-2)21(29)18(9-10-19(26)27)24-20(28)15-7-8-16(22)17(23)14-15/h7-8,14,18H,3-6,9-13H2,1-2H3,(H,24,28)(H,26,27)/t18-/m0/s1. The van der Waals surface area contributed by atoms with Crippen molar-refractivity contribution in [2.75, 3.05) is 26.8 Å². The van der Waals surface area contributed by atoms with Crippen LogP contribution in [0, 0.1) is 0 Å². The van der Waals surface area contributed by atoms with Crippen LogP contribution < -0.4 is 5.32 Å². The van der Waals surface area contributed by atoms with E-state index >= 15 is 0 Å². The van der Waals surface area contributed by atoms with E-state index in [0.717, 1.165) is 19.3 Å². The number of carbonyl (C=O) groups is 3. The van der Waals surface area contributed by atoms with Crippen molar-refractivity contribution in [2.24, 2.45) is 0 Å². The molecule has 0 saturated carbocycles. The Morgan fingerprint density at radius 1 is 1.13 bits per heavy atom. The summed E-state index contributed by atoms with van der Waals surface area (Å²) in [7, 11) is 1.59. The number of rotatable bonds is 14. The van der Waals surface area contributed by atoms with Crippen LogP contribution in [0.25, 0.3) is 0 Å². The molecule has 0 aliphatic carbocycles. The third kappa shape index (κ3) is 9.32. The number of halogens is 2. The summed E-state index contributed by atoms with van der Waals surface area (Å²) < 4.78 is 5.07. The minimum Gasteiger partial charge on any atom is -0.481 e. The highest BCUT2D eigenvalue weighted by molar-refractivity contribution is 6.42. The Balaban J connectivity index is 2.96. The zero-order valence-corrected chi connectivity index (χ0v) is 19.0. The first-order valence-electron chi connectivity index (χ1n) is 10.1. The Bertz CT molecular complexity index is 705. The lowest BCUT2D eigenvalue weighted by atomic mass is 10.1. The van der Waals surface area contributed by atoms with E-state index in [1.807, 2.05) is 0 Å². The molecule has 0 aliphatic rings. The number of aliphatic carboxylic acids is 1. The molecule has 0 fully saturated rings. The molecule has 7 nitrogen and oxygen atoms in total. The minimum atomic E-state index is -1.03. The Hall–Kier alpha value is -1.83. The van der Waals surface area contributed by atoms with Crippen LogP contribution in [0.2, 0.25) is 10.0 Å². The topological polar surface area (TPSA) is 95.9 Å². The van der Waals surface area contributed by atoms with Crippen molar-refractivity contribution in [3.05, 3.63) is 33.8 Å². The molecule has 0 unspecified atom stereocenters. The first-order valence-corrected chi connectivity index (χ1v) is 10.8.